The van der Waals surface area contributed by atoms with Gasteiger partial charge >= 0.3 is 0 Å². The lowest BCUT2D eigenvalue weighted by Gasteiger charge is -2.18. The Morgan fingerprint density at radius 3 is 2.62 bits per heavy atom. The van der Waals surface area contributed by atoms with E-state index in [1.54, 1.807) is 0 Å². The van der Waals surface area contributed by atoms with Crippen molar-refractivity contribution in [2.24, 2.45) is 5.92 Å². The highest BCUT2D eigenvalue weighted by Gasteiger charge is 2.11. The SMILES string of the molecule is CCCCC(CC)Cn1c(C)cnc1CC. The van der Waals surface area contributed by atoms with Gasteiger partial charge in [0.15, 0.2) is 0 Å². The standard InChI is InChI=1S/C14H26N2/c1-5-8-9-13(6-2)11-16-12(4)10-15-14(16)7-3/h10,13H,5-9,11H2,1-4H3. The van der Waals surface area contributed by atoms with Crippen molar-refractivity contribution in [3.05, 3.63) is 17.7 Å². The van der Waals surface area contributed by atoms with Crippen LogP contribution in [0, 0.1) is 12.8 Å². The summed E-state index contributed by atoms with van der Waals surface area (Å²) in [4.78, 5) is 4.46. The third-order valence-electron chi connectivity index (χ3n) is 3.44. The summed E-state index contributed by atoms with van der Waals surface area (Å²) < 4.78 is 2.41. The molecule has 0 saturated carbocycles. The highest BCUT2D eigenvalue weighted by molar-refractivity contribution is 5.03. The van der Waals surface area contributed by atoms with E-state index >= 15 is 0 Å². The van der Waals surface area contributed by atoms with E-state index in [0.29, 0.717) is 0 Å². The molecule has 0 radical (unpaired) electrons. The molecule has 2 nitrogen and oxygen atoms in total. The van der Waals surface area contributed by atoms with Crippen LogP contribution < -0.4 is 0 Å². The minimum absolute atomic E-state index is 0.818. The second-order valence-electron chi connectivity index (χ2n) is 4.70. The van der Waals surface area contributed by atoms with E-state index < -0.39 is 0 Å². The van der Waals surface area contributed by atoms with Gasteiger partial charge in [-0.25, -0.2) is 4.98 Å². The van der Waals surface area contributed by atoms with Gasteiger partial charge in [-0.15, -0.1) is 0 Å². The lowest BCUT2D eigenvalue weighted by Crippen LogP contribution is -2.13. The second-order valence-corrected chi connectivity index (χ2v) is 4.70. The van der Waals surface area contributed by atoms with Gasteiger partial charge in [0.05, 0.1) is 0 Å². The summed E-state index contributed by atoms with van der Waals surface area (Å²) in [5.74, 6) is 2.06. The fraction of sp³-hybridized carbons (Fsp3) is 0.786. The molecule has 1 atom stereocenters. The maximum Gasteiger partial charge on any atom is 0.108 e. The minimum atomic E-state index is 0.818. The van der Waals surface area contributed by atoms with Crippen LogP contribution in [0.2, 0.25) is 0 Å². The van der Waals surface area contributed by atoms with Gasteiger partial charge < -0.3 is 4.57 Å². The van der Waals surface area contributed by atoms with Gasteiger partial charge in [0.2, 0.25) is 0 Å². The van der Waals surface area contributed by atoms with Crippen LogP contribution in [0.1, 0.15) is 58.0 Å². The predicted molar refractivity (Wildman–Crippen MR) is 69.6 cm³/mol. The van der Waals surface area contributed by atoms with Crippen LogP contribution in [-0.4, -0.2) is 9.55 Å². The third kappa shape index (κ3) is 3.36. The van der Waals surface area contributed by atoms with E-state index in [2.05, 4.69) is 37.2 Å². The summed E-state index contributed by atoms with van der Waals surface area (Å²) >= 11 is 0. The predicted octanol–water partition coefficient (Wildman–Crippen LogP) is 3.97. The van der Waals surface area contributed by atoms with Gasteiger partial charge in [-0.05, 0) is 19.3 Å². The van der Waals surface area contributed by atoms with Crippen molar-refractivity contribution >= 4 is 0 Å². The Morgan fingerprint density at radius 2 is 2.06 bits per heavy atom. The molecule has 92 valence electrons. The van der Waals surface area contributed by atoms with Gasteiger partial charge in [-0.1, -0.05) is 40.0 Å². The fourth-order valence-corrected chi connectivity index (χ4v) is 2.22. The normalized spacial score (nSPS) is 13.0. The largest absolute Gasteiger partial charge is 0.332 e. The molecule has 0 amide bonds. The first kappa shape index (κ1) is 13.3. The zero-order chi connectivity index (χ0) is 12.0. The topological polar surface area (TPSA) is 17.8 Å². The molecule has 0 aliphatic rings. The second kappa shape index (κ2) is 6.72. The molecule has 1 aromatic heterocycles. The monoisotopic (exact) mass is 222 g/mol. The third-order valence-corrected chi connectivity index (χ3v) is 3.44. The number of hydrogen-bond donors (Lipinski definition) is 0. The molecule has 1 heterocycles. The Bertz CT molecular complexity index is 302. The van der Waals surface area contributed by atoms with Crippen LogP contribution >= 0.6 is 0 Å². The van der Waals surface area contributed by atoms with Crippen molar-refractivity contribution in [3.63, 3.8) is 0 Å². The molecule has 0 aromatic carbocycles. The first-order valence-electron chi connectivity index (χ1n) is 6.73. The van der Waals surface area contributed by atoms with Gasteiger partial charge in [0, 0.05) is 24.9 Å². The number of aromatic nitrogens is 2. The van der Waals surface area contributed by atoms with Crippen molar-refractivity contribution in [1.29, 1.82) is 0 Å². The van der Waals surface area contributed by atoms with E-state index in [-0.39, 0.29) is 0 Å². The first-order chi connectivity index (χ1) is 7.72. The summed E-state index contributed by atoms with van der Waals surface area (Å²) in [5.41, 5.74) is 1.31. The first-order valence-corrected chi connectivity index (χ1v) is 6.73. The van der Waals surface area contributed by atoms with Crippen molar-refractivity contribution in [1.82, 2.24) is 9.55 Å². The van der Waals surface area contributed by atoms with Crippen LogP contribution in [0.15, 0.2) is 6.20 Å². The molecule has 0 fully saturated rings. The van der Waals surface area contributed by atoms with Gasteiger partial charge in [0.25, 0.3) is 0 Å². The molecular formula is C14H26N2. The molecule has 0 aliphatic heterocycles. The Kier molecular flexibility index (Phi) is 5.58. The molecule has 1 unspecified atom stereocenters. The van der Waals surface area contributed by atoms with E-state index in [0.717, 1.165) is 18.9 Å². The maximum absolute atomic E-state index is 4.46. The van der Waals surface area contributed by atoms with Gasteiger partial charge in [-0.2, -0.15) is 0 Å². The number of hydrogen-bond acceptors (Lipinski definition) is 1. The highest BCUT2D eigenvalue weighted by atomic mass is 15.1. The quantitative estimate of drug-likeness (QED) is 0.682. The van der Waals surface area contributed by atoms with Gasteiger partial charge in [0.1, 0.15) is 5.82 Å². The lowest BCUT2D eigenvalue weighted by atomic mass is 9.99. The molecule has 1 aromatic rings. The maximum atomic E-state index is 4.46. The van der Waals surface area contributed by atoms with E-state index in [9.17, 15) is 0 Å². The number of rotatable bonds is 7. The Labute approximate surface area is 100 Å². The van der Waals surface area contributed by atoms with E-state index in [4.69, 9.17) is 0 Å². The average molecular weight is 222 g/mol. The summed E-state index contributed by atoms with van der Waals surface area (Å²) in [7, 11) is 0. The molecule has 2 heteroatoms. The van der Waals surface area contributed by atoms with Crippen molar-refractivity contribution in [2.75, 3.05) is 0 Å². The fourth-order valence-electron chi connectivity index (χ4n) is 2.22. The molecule has 0 N–H and O–H groups in total. The smallest absolute Gasteiger partial charge is 0.108 e. The molecule has 0 aliphatic carbocycles. The number of imidazole rings is 1. The van der Waals surface area contributed by atoms with E-state index in [1.807, 2.05) is 6.20 Å². The van der Waals surface area contributed by atoms with E-state index in [1.165, 1.54) is 37.2 Å². The Morgan fingerprint density at radius 1 is 1.31 bits per heavy atom. The number of unbranched alkanes of at least 4 members (excludes halogenated alkanes) is 1. The summed E-state index contributed by atoms with van der Waals surface area (Å²) in [6, 6.07) is 0. The van der Waals surface area contributed by atoms with Crippen LogP contribution in [0.25, 0.3) is 0 Å². The molecule has 0 saturated heterocycles. The molecule has 0 spiro atoms. The van der Waals surface area contributed by atoms with Crippen LogP contribution in [0.4, 0.5) is 0 Å². The summed E-state index contributed by atoms with van der Waals surface area (Å²) in [6.07, 6.45) is 8.34. The van der Waals surface area contributed by atoms with Crippen LogP contribution in [-0.2, 0) is 13.0 Å². The zero-order valence-electron chi connectivity index (χ0n) is 11.3. The molecule has 1 rings (SSSR count). The highest BCUT2D eigenvalue weighted by Crippen LogP contribution is 2.17. The zero-order valence-corrected chi connectivity index (χ0v) is 11.3. The number of nitrogens with zero attached hydrogens (tertiary/aromatic N) is 2. The van der Waals surface area contributed by atoms with Crippen LogP contribution in [0.3, 0.4) is 0 Å². The Hall–Kier alpha value is -0.790. The molecule has 16 heavy (non-hydrogen) atoms. The summed E-state index contributed by atoms with van der Waals surface area (Å²) in [5, 5.41) is 0. The average Bonchev–Trinajstić information content (AvgIpc) is 2.65. The van der Waals surface area contributed by atoms with Gasteiger partial charge in [-0.3, -0.25) is 0 Å². The minimum Gasteiger partial charge on any atom is -0.332 e. The molecular weight excluding hydrogens is 196 g/mol. The lowest BCUT2D eigenvalue weighted by molar-refractivity contribution is 0.382. The van der Waals surface area contributed by atoms with Crippen molar-refractivity contribution < 1.29 is 0 Å². The Balaban J connectivity index is 2.65. The van der Waals surface area contributed by atoms with Crippen LogP contribution in [0.5, 0.6) is 0 Å². The molecule has 0 bridgehead atoms. The number of aryl methyl sites for hydroxylation is 2. The van der Waals surface area contributed by atoms with Crippen molar-refractivity contribution in [3.8, 4) is 0 Å². The summed E-state index contributed by atoms with van der Waals surface area (Å²) in [6.45, 7) is 10.1. The van der Waals surface area contributed by atoms with Crippen molar-refractivity contribution in [2.45, 2.75) is 66.3 Å².